The number of benzene rings is 1. The average Bonchev–Trinajstić information content (AvgIpc) is 2.67. The number of rotatable bonds is 8. The lowest BCUT2D eigenvalue weighted by atomic mass is 9.96. The third-order valence-electron chi connectivity index (χ3n) is 4.94. The zero-order chi connectivity index (χ0) is 20.4. The first-order valence-electron chi connectivity index (χ1n) is 10.1. The molecule has 0 saturated heterocycles. The van der Waals surface area contributed by atoms with Gasteiger partial charge in [-0.2, -0.15) is 0 Å². The fourth-order valence-electron chi connectivity index (χ4n) is 3.26. The molecule has 1 fully saturated rings. The van der Waals surface area contributed by atoms with Crippen LogP contribution in [-0.2, 0) is 9.59 Å². The van der Waals surface area contributed by atoms with E-state index >= 15 is 0 Å². The van der Waals surface area contributed by atoms with E-state index in [1.54, 1.807) is 7.05 Å². The minimum atomic E-state index is -0.232. The van der Waals surface area contributed by atoms with Crippen molar-refractivity contribution in [3.05, 3.63) is 29.8 Å². The van der Waals surface area contributed by atoms with Crippen LogP contribution in [0.1, 0.15) is 50.5 Å². The molecule has 3 N–H and O–H groups in total. The van der Waals surface area contributed by atoms with Gasteiger partial charge in [0.2, 0.25) is 11.8 Å². The highest BCUT2D eigenvalue weighted by Crippen LogP contribution is 2.17. The lowest BCUT2D eigenvalue weighted by Crippen LogP contribution is -2.43. The fourth-order valence-corrected chi connectivity index (χ4v) is 3.26. The van der Waals surface area contributed by atoms with Crippen LogP contribution in [0.2, 0.25) is 0 Å². The number of carbonyl (C=O) groups is 3. The Morgan fingerprint density at radius 3 is 2.43 bits per heavy atom. The largest absolute Gasteiger partial charge is 0.338 e. The normalized spacial score (nSPS) is 14.2. The number of carbonyl (C=O) groups excluding carboxylic acids is 3. The van der Waals surface area contributed by atoms with Gasteiger partial charge in [-0.3, -0.25) is 9.59 Å². The Kier molecular flexibility index (Phi) is 8.78. The van der Waals surface area contributed by atoms with Crippen molar-refractivity contribution in [2.75, 3.05) is 25.5 Å². The summed E-state index contributed by atoms with van der Waals surface area (Å²) >= 11 is 0. The molecule has 7 nitrogen and oxygen atoms in total. The van der Waals surface area contributed by atoms with Crippen LogP contribution in [0, 0.1) is 6.92 Å². The van der Waals surface area contributed by atoms with Crippen LogP contribution < -0.4 is 16.0 Å². The maximum atomic E-state index is 12.2. The van der Waals surface area contributed by atoms with Crippen molar-refractivity contribution >= 4 is 23.5 Å². The van der Waals surface area contributed by atoms with E-state index in [1.807, 2.05) is 31.2 Å². The number of nitrogens with one attached hydrogen (secondary N) is 3. The molecule has 0 atom stereocenters. The molecule has 4 amide bonds. The van der Waals surface area contributed by atoms with Gasteiger partial charge in [0.05, 0.1) is 6.54 Å². The maximum Gasteiger partial charge on any atom is 0.315 e. The van der Waals surface area contributed by atoms with Crippen LogP contribution in [0.4, 0.5) is 10.5 Å². The summed E-state index contributed by atoms with van der Waals surface area (Å²) in [4.78, 5) is 37.5. The summed E-state index contributed by atoms with van der Waals surface area (Å²) in [6.45, 7) is 2.42. The monoisotopic (exact) mass is 388 g/mol. The molecule has 1 aromatic rings. The SMILES string of the molecule is Cc1ccc(NC(=O)CN(C)C(=O)CCCNC(=O)NC2CCCCC2)cc1. The molecule has 0 unspecified atom stereocenters. The summed E-state index contributed by atoms with van der Waals surface area (Å²) in [6, 6.07) is 7.61. The molecule has 0 spiro atoms. The summed E-state index contributed by atoms with van der Waals surface area (Å²) in [7, 11) is 1.61. The number of likely N-dealkylation sites (N-methyl/N-ethyl adjacent to an activating group) is 1. The van der Waals surface area contributed by atoms with Crippen molar-refractivity contribution in [1.29, 1.82) is 0 Å². The van der Waals surface area contributed by atoms with Crippen molar-refractivity contribution in [1.82, 2.24) is 15.5 Å². The molecule has 0 radical (unpaired) electrons. The molecule has 0 aliphatic heterocycles. The molecular formula is C21H32N4O3. The van der Waals surface area contributed by atoms with Crippen LogP contribution in [0.25, 0.3) is 0 Å². The zero-order valence-electron chi connectivity index (χ0n) is 16.9. The third-order valence-corrected chi connectivity index (χ3v) is 4.94. The van der Waals surface area contributed by atoms with E-state index in [0.29, 0.717) is 18.7 Å². The van der Waals surface area contributed by atoms with E-state index in [4.69, 9.17) is 0 Å². The van der Waals surface area contributed by atoms with Crippen molar-refractivity contribution < 1.29 is 14.4 Å². The zero-order valence-corrected chi connectivity index (χ0v) is 16.9. The Hall–Kier alpha value is -2.57. The standard InChI is InChI=1S/C21H32N4O3/c1-16-10-12-18(13-11-16)23-19(26)15-25(2)20(27)9-6-14-22-21(28)24-17-7-4-3-5-8-17/h10-13,17H,3-9,14-15H2,1-2H3,(H,23,26)(H2,22,24,28). The van der Waals surface area contributed by atoms with Gasteiger partial charge >= 0.3 is 6.03 Å². The van der Waals surface area contributed by atoms with Crippen molar-refractivity contribution in [3.63, 3.8) is 0 Å². The lowest BCUT2D eigenvalue weighted by Gasteiger charge is -2.22. The van der Waals surface area contributed by atoms with E-state index in [9.17, 15) is 14.4 Å². The first-order chi connectivity index (χ1) is 13.4. The molecule has 0 heterocycles. The van der Waals surface area contributed by atoms with Gasteiger partial charge in [0.25, 0.3) is 0 Å². The molecule has 7 heteroatoms. The van der Waals surface area contributed by atoms with Gasteiger partial charge in [0.1, 0.15) is 0 Å². The van der Waals surface area contributed by atoms with Crippen LogP contribution in [0.15, 0.2) is 24.3 Å². The number of urea groups is 1. The Morgan fingerprint density at radius 1 is 1.07 bits per heavy atom. The predicted molar refractivity (Wildman–Crippen MR) is 110 cm³/mol. The summed E-state index contributed by atoms with van der Waals surface area (Å²) in [6.07, 6.45) is 6.51. The Morgan fingerprint density at radius 2 is 1.75 bits per heavy atom. The van der Waals surface area contributed by atoms with Crippen LogP contribution in [0.5, 0.6) is 0 Å². The summed E-state index contributed by atoms with van der Waals surface area (Å²) in [5.74, 6) is -0.349. The molecule has 1 aliphatic rings. The Balaban J connectivity index is 1.59. The van der Waals surface area contributed by atoms with Crippen LogP contribution >= 0.6 is 0 Å². The van der Waals surface area contributed by atoms with Crippen LogP contribution in [-0.4, -0.2) is 48.9 Å². The number of amides is 4. The number of anilines is 1. The highest BCUT2D eigenvalue weighted by Gasteiger charge is 2.16. The van der Waals surface area contributed by atoms with Crippen molar-refractivity contribution in [2.24, 2.45) is 0 Å². The summed E-state index contributed by atoms with van der Waals surface area (Å²) in [5.41, 5.74) is 1.83. The maximum absolute atomic E-state index is 12.2. The smallest absolute Gasteiger partial charge is 0.315 e. The second kappa shape index (κ2) is 11.3. The first-order valence-corrected chi connectivity index (χ1v) is 10.1. The van der Waals surface area contributed by atoms with Gasteiger partial charge in [0, 0.05) is 31.7 Å². The van der Waals surface area contributed by atoms with E-state index in [2.05, 4.69) is 16.0 Å². The van der Waals surface area contributed by atoms with Gasteiger partial charge in [0.15, 0.2) is 0 Å². The number of hydrogen-bond acceptors (Lipinski definition) is 3. The molecule has 1 aliphatic carbocycles. The van der Waals surface area contributed by atoms with Crippen LogP contribution in [0.3, 0.4) is 0 Å². The van der Waals surface area contributed by atoms with Gasteiger partial charge in [-0.1, -0.05) is 37.0 Å². The molecule has 1 aromatic carbocycles. The topological polar surface area (TPSA) is 90.5 Å². The second-order valence-electron chi connectivity index (χ2n) is 7.50. The van der Waals surface area contributed by atoms with Gasteiger partial charge in [-0.05, 0) is 38.3 Å². The molecule has 154 valence electrons. The molecule has 1 saturated carbocycles. The summed E-state index contributed by atoms with van der Waals surface area (Å²) < 4.78 is 0. The Bertz CT molecular complexity index is 654. The summed E-state index contributed by atoms with van der Waals surface area (Å²) in [5, 5.41) is 8.56. The predicted octanol–water partition coefficient (Wildman–Crippen LogP) is 2.80. The minimum Gasteiger partial charge on any atom is -0.338 e. The van der Waals surface area contributed by atoms with Crippen molar-refractivity contribution in [2.45, 2.75) is 57.9 Å². The third kappa shape index (κ3) is 7.98. The average molecular weight is 389 g/mol. The van der Waals surface area contributed by atoms with Gasteiger partial charge in [-0.15, -0.1) is 0 Å². The first kappa shape index (κ1) is 21.7. The highest BCUT2D eigenvalue weighted by molar-refractivity contribution is 5.94. The van der Waals surface area contributed by atoms with E-state index in [-0.39, 0.29) is 36.9 Å². The molecule has 0 bridgehead atoms. The van der Waals surface area contributed by atoms with Gasteiger partial charge in [-0.25, -0.2) is 4.79 Å². The van der Waals surface area contributed by atoms with E-state index in [0.717, 1.165) is 18.4 Å². The number of hydrogen-bond donors (Lipinski definition) is 3. The van der Waals surface area contributed by atoms with E-state index in [1.165, 1.54) is 24.2 Å². The quantitative estimate of drug-likeness (QED) is 0.598. The molecule has 0 aromatic heterocycles. The van der Waals surface area contributed by atoms with E-state index < -0.39 is 0 Å². The number of nitrogens with zero attached hydrogens (tertiary/aromatic N) is 1. The van der Waals surface area contributed by atoms with Crippen molar-refractivity contribution in [3.8, 4) is 0 Å². The fraction of sp³-hybridized carbons (Fsp3) is 0.571. The lowest BCUT2D eigenvalue weighted by molar-refractivity contribution is -0.133. The second-order valence-corrected chi connectivity index (χ2v) is 7.50. The van der Waals surface area contributed by atoms with Gasteiger partial charge < -0.3 is 20.9 Å². The molecule has 28 heavy (non-hydrogen) atoms. The highest BCUT2D eigenvalue weighted by atomic mass is 16.2. The number of aryl methyl sites for hydroxylation is 1. The minimum absolute atomic E-state index is 0.00229. The molecule has 2 rings (SSSR count). The Labute approximate surface area is 167 Å². The molecular weight excluding hydrogens is 356 g/mol.